The fourth-order valence-electron chi connectivity index (χ4n) is 3.52. The van der Waals surface area contributed by atoms with Crippen molar-refractivity contribution in [1.82, 2.24) is 0 Å². The number of carbonyl (C=O) groups is 2. The topological polar surface area (TPSA) is 71.1 Å². The predicted molar refractivity (Wildman–Crippen MR) is 78.0 cm³/mol. The van der Waals surface area contributed by atoms with Crippen LogP contribution in [0.15, 0.2) is 0 Å². The van der Waals surface area contributed by atoms with Crippen LogP contribution in [-0.4, -0.2) is 45.7 Å². The molecule has 0 amide bonds. The molecule has 1 aliphatic heterocycles. The van der Waals surface area contributed by atoms with E-state index in [1.165, 1.54) is 14.2 Å². The number of rotatable bonds is 6. The molecular formula is C16H26O6. The van der Waals surface area contributed by atoms with E-state index >= 15 is 0 Å². The van der Waals surface area contributed by atoms with Gasteiger partial charge in [0.05, 0.1) is 27.4 Å². The van der Waals surface area contributed by atoms with Crippen LogP contribution in [0.4, 0.5) is 0 Å². The van der Waals surface area contributed by atoms with E-state index in [4.69, 9.17) is 18.9 Å². The van der Waals surface area contributed by atoms with E-state index in [9.17, 15) is 9.59 Å². The third-order valence-electron chi connectivity index (χ3n) is 4.72. The molecule has 2 rings (SSSR count). The van der Waals surface area contributed by atoms with Crippen molar-refractivity contribution in [2.24, 2.45) is 11.3 Å². The van der Waals surface area contributed by atoms with Gasteiger partial charge in [-0.15, -0.1) is 0 Å². The SMILES string of the molecule is COC(=O)C1(C(=O)OC)CCC(CCCC2OCCCO2)C1. The Morgan fingerprint density at radius 2 is 1.73 bits per heavy atom. The zero-order valence-electron chi connectivity index (χ0n) is 13.5. The summed E-state index contributed by atoms with van der Waals surface area (Å²) in [6.07, 6.45) is 5.51. The summed E-state index contributed by atoms with van der Waals surface area (Å²) < 4.78 is 20.7. The molecule has 1 saturated heterocycles. The number of hydrogen-bond acceptors (Lipinski definition) is 6. The highest BCUT2D eigenvalue weighted by Crippen LogP contribution is 2.45. The van der Waals surface area contributed by atoms with Gasteiger partial charge >= 0.3 is 11.9 Å². The van der Waals surface area contributed by atoms with Crippen LogP contribution in [0.3, 0.4) is 0 Å². The van der Waals surface area contributed by atoms with E-state index in [0.29, 0.717) is 18.8 Å². The highest BCUT2D eigenvalue weighted by atomic mass is 16.7. The second-order valence-electron chi connectivity index (χ2n) is 6.13. The Labute approximate surface area is 131 Å². The minimum Gasteiger partial charge on any atom is -0.468 e. The lowest BCUT2D eigenvalue weighted by atomic mass is 9.84. The van der Waals surface area contributed by atoms with E-state index in [2.05, 4.69) is 0 Å². The zero-order chi connectivity index (χ0) is 16.0. The highest BCUT2D eigenvalue weighted by Gasteiger charge is 2.53. The van der Waals surface area contributed by atoms with Crippen molar-refractivity contribution in [3.05, 3.63) is 0 Å². The van der Waals surface area contributed by atoms with Crippen LogP contribution < -0.4 is 0 Å². The van der Waals surface area contributed by atoms with Crippen molar-refractivity contribution in [3.8, 4) is 0 Å². The smallest absolute Gasteiger partial charge is 0.323 e. The molecular weight excluding hydrogens is 288 g/mol. The Balaban J connectivity index is 1.82. The van der Waals surface area contributed by atoms with Crippen molar-refractivity contribution < 1.29 is 28.5 Å². The molecule has 2 aliphatic rings. The molecule has 22 heavy (non-hydrogen) atoms. The van der Waals surface area contributed by atoms with Crippen LogP contribution in [0, 0.1) is 11.3 Å². The fourth-order valence-corrected chi connectivity index (χ4v) is 3.52. The van der Waals surface area contributed by atoms with Crippen LogP contribution in [-0.2, 0) is 28.5 Å². The first kappa shape index (κ1) is 17.2. The average Bonchev–Trinajstić information content (AvgIpc) is 3.00. The third-order valence-corrected chi connectivity index (χ3v) is 4.72. The zero-order valence-corrected chi connectivity index (χ0v) is 13.5. The van der Waals surface area contributed by atoms with Gasteiger partial charge in [0.25, 0.3) is 0 Å². The summed E-state index contributed by atoms with van der Waals surface area (Å²) in [4.78, 5) is 24.1. The van der Waals surface area contributed by atoms with E-state index < -0.39 is 17.4 Å². The van der Waals surface area contributed by atoms with Crippen molar-refractivity contribution in [2.75, 3.05) is 27.4 Å². The monoisotopic (exact) mass is 314 g/mol. The van der Waals surface area contributed by atoms with E-state index in [0.717, 1.165) is 45.3 Å². The van der Waals surface area contributed by atoms with Crippen molar-refractivity contribution in [2.45, 2.75) is 51.2 Å². The van der Waals surface area contributed by atoms with E-state index in [1.807, 2.05) is 0 Å². The summed E-state index contributed by atoms with van der Waals surface area (Å²) in [6, 6.07) is 0. The first-order valence-electron chi connectivity index (χ1n) is 8.02. The molecule has 0 bridgehead atoms. The van der Waals surface area contributed by atoms with Crippen LogP contribution in [0.25, 0.3) is 0 Å². The molecule has 0 aromatic rings. The molecule has 1 heterocycles. The number of methoxy groups -OCH3 is 2. The van der Waals surface area contributed by atoms with E-state index in [1.54, 1.807) is 0 Å². The van der Waals surface area contributed by atoms with Crippen LogP contribution in [0.5, 0.6) is 0 Å². The van der Waals surface area contributed by atoms with Crippen molar-refractivity contribution >= 4 is 11.9 Å². The summed E-state index contributed by atoms with van der Waals surface area (Å²) in [5.41, 5.74) is -1.11. The molecule has 1 atom stereocenters. The molecule has 6 heteroatoms. The number of ether oxygens (including phenoxy) is 4. The summed E-state index contributed by atoms with van der Waals surface area (Å²) in [5.74, 6) is -0.608. The van der Waals surface area contributed by atoms with Gasteiger partial charge in [-0.1, -0.05) is 6.42 Å². The summed E-state index contributed by atoms with van der Waals surface area (Å²) >= 11 is 0. The largest absolute Gasteiger partial charge is 0.468 e. The molecule has 1 unspecified atom stereocenters. The van der Waals surface area contributed by atoms with E-state index in [-0.39, 0.29) is 6.29 Å². The van der Waals surface area contributed by atoms with Gasteiger partial charge in [-0.2, -0.15) is 0 Å². The maximum Gasteiger partial charge on any atom is 0.323 e. The molecule has 1 saturated carbocycles. The number of carbonyl (C=O) groups excluding carboxylic acids is 2. The molecule has 0 aromatic carbocycles. The van der Waals surface area contributed by atoms with Gasteiger partial charge < -0.3 is 18.9 Å². The maximum absolute atomic E-state index is 12.0. The standard InChI is InChI=1S/C16H26O6/c1-19-14(17)16(15(18)20-2)8-7-12(11-16)5-3-6-13-21-9-4-10-22-13/h12-13H,3-11H2,1-2H3. The first-order valence-corrected chi connectivity index (χ1v) is 8.02. The van der Waals surface area contributed by atoms with Crippen LogP contribution in [0.1, 0.15) is 44.9 Å². The first-order chi connectivity index (χ1) is 10.6. The minimum absolute atomic E-state index is 0.0962. The summed E-state index contributed by atoms with van der Waals surface area (Å²) in [7, 11) is 2.64. The Bertz CT molecular complexity index is 372. The Hall–Kier alpha value is -1.14. The average molecular weight is 314 g/mol. The van der Waals surface area contributed by atoms with Gasteiger partial charge in [0.2, 0.25) is 0 Å². The quantitative estimate of drug-likeness (QED) is 0.552. The second kappa shape index (κ2) is 7.92. The van der Waals surface area contributed by atoms with Crippen LogP contribution >= 0.6 is 0 Å². The fraction of sp³-hybridized carbons (Fsp3) is 0.875. The molecule has 2 fully saturated rings. The lowest BCUT2D eigenvalue weighted by Crippen LogP contribution is -2.39. The van der Waals surface area contributed by atoms with Gasteiger partial charge in [0, 0.05) is 0 Å². The third kappa shape index (κ3) is 3.79. The second-order valence-corrected chi connectivity index (χ2v) is 6.13. The van der Waals surface area contributed by atoms with Crippen molar-refractivity contribution in [3.63, 3.8) is 0 Å². The van der Waals surface area contributed by atoms with Crippen molar-refractivity contribution in [1.29, 1.82) is 0 Å². The maximum atomic E-state index is 12.0. The lowest BCUT2D eigenvalue weighted by molar-refractivity contribution is -0.182. The molecule has 0 N–H and O–H groups in total. The Morgan fingerprint density at radius 1 is 1.09 bits per heavy atom. The summed E-state index contributed by atoms with van der Waals surface area (Å²) in [5, 5.41) is 0. The predicted octanol–water partition coefficient (Wildman–Crippen LogP) is 2.05. The number of hydrogen-bond donors (Lipinski definition) is 0. The molecule has 0 aromatic heterocycles. The minimum atomic E-state index is -1.11. The summed E-state index contributed by atoms with van der Waals surface area (Å²) in [6.45, 7) is 1.53. The van der Waals surface area contributed by atoms with Gasteiger partial charge in [-0.05, 0) is 44.4 Å². The Kier molecular flexibility index (Phi) is 6.20. The molecule has 0 spiro atoms. The highest BCUT2D eigenvalue weighted by molar-refractivity contribution is 6.00. The van der Waals surface area contributed by atoms with Gasteiger partial charge in [0.1, 0.15) is 0 Å². The Morgan fingerprint density at radius 3 is 2.32 bits per heavy atom. The lowest BCUT2D eigenvalue weighted by Gasteiger charge is -2.24. The van der Waals surface area contributed by atoms with Gasteiger partial charge in [0.15, 0.2) is 11.7 Å². The van der Waals surface area contributed by atoms with Gasteiger partial charge in [-0.3, -0.25) is 9.59 Å². The van der Waals surface area contributed by atoms with Crippen LogP contribution in [0.2, 0.25) is 0 Å². The molecule has 1 aliphatic carbocycles. The van der Waals surface area contributed by atoms with Gasteiger partial charge in [-0.25, -0.2) is 0 Å². The number of esters is 2. The molecule has 126 valence electrons. The molecule has 6 nitrogen and oxygen atoms in total. The normalized spacial score (nSPS) is 24.9. The molecule has 0 radical (unpaired) electrons.